The zero-order valence-corrected chi connectivity index (χ0v) is 9.59. The van der Waals surface area contributed by atoms with Crippen molar-refractivity contribution in [3.8, 4) is 11.5 Å². The molecule has 0 radical (unpaired) electrons. The standard InChI is InChI=1S/C9H13NO4S/c1-10-8-6-7(14-15(3,11)12)4-5-9(8)13-2/h4-6,10H,1-3H3. The van der Waals surface area contributed by atoms with Gasteiger partial charge in [0, 0.05) is 13.1 Å². The minimum absolute atomic E-state index is 0.252. The van der Waals surface area contributed by atoms with Crippen molar-refractivity contribution in [1.29, 1.82) is 0 Å². The van der Waals surface area contributed by atoms with Crippen LogP contribution in [0.4, 0.5) is 5.69 Å². The largest absolute Gasteiger partial charge is 0.495 e. The van der Waals surface area contributed by atoms with Gasteiger partial charge in [0.25, 0.3) is 0 Å². The lowest BCUT2D eigenvalue weighted by Crippen LogP contribution is -2.06. The van der Waals surface area contributed by atoms with Gasteiger partial charge in [-0.3, -0.25) is 0 Å². The topological polar surface area (TPSA) is 64.6 Å². The number of nitrogens with one attached hydrogen (secondary N) is 1. The molecule has 0 aromatic heterocycles. The van der Waals surface area contributed by atoms with Crippen LogP contribution < -0.4 is 14.2 Å². The van der Waals surface area contributed by atoms with Crippen molar-refractivity contribution in [2.75, 3.05) is 25.7 Å². The van der Waals surface area contributed by atoms with E-state index in [1.165, 1.54) is 13.2 Å². The summed E-state index contributed by atoms with van der Waals surface area (Å²) < 4.78 is 31.5. The van der Waals surface area contributed by atoms with Crippen molar-refractivity contribution in [2.45, 2.75) is 0 Å². The molecule has 0 atom stereocenters. The first-order valence-electron chi connectivity index (χ1n) is 4.21. The number of rotatable bonds is 4. The molecular weight excluding hydrogens is 218 g/mol. The van der Waals surface area contributed by atoms with E-state index in [4.69, 9.17) is 8.92 Å². The molecule has 15 heavy (non-hydrogen) atoms. The second kappa shape index (κ2) is 4.39. The Labute approximate surface area is 89.1 Å². The van der Waals surface area contributed by atoms with Crippen molar-refractivity contribution in [3.63, 3.8) is 0 Å². The Morgan fingerprint density at radius 1 is 1.33 bits per heavy atom. The lowest BCUT2D eigenvalue weighted by Gasteiger charge is -2.09. The van der Waals surface area contributed by atoms with E-state index in [1.54, 1.807) is 19.2 Å². The zero-order valence-electron chi connectivity index (χ0n) is 8.77. The van der Waals surface area contributed by atoms with Gasteiger partial charge in [0.2, 0.25) is 0 Å². The second-order valence-corrected chi connectivity index (χ2v) is 4.47. The summed E-state index contributed by atoms with van der Waals surface area (Å²) in [6.07, 6.45) is 0.996. The summed E-state index contributed by atoms with van der Waals surface area (Å²) in [6, 6.07) is 4.72. The SMILES string of the molecule is CNc1cc(OS(C)(=O)=O)ccc1OC. The highest BCUT2D eigenvalue weighted by Crippen LogP contribution is 2.28. The van der Waals surface area contributed by atoms with Crippen LogP contribution in [0.15, 0.2) is 18.2 Å². The molecule has 0 amide bonds. The zero-order chi connectivity index (χ0) is 11.5. The Balaban J connectivity index is 3.03. The van der Waals surface area contributed by atoms with Crippen molar-refractivity contribution in [2.24, 2.45) is 0 Å². The third-order valence-electron chi connectivity index (χ3n) is 1.69. The maximum atomic E-state index is 10.9. The van der Waals surface area contributed by atoms with Crippen LogP contribution in [0, 0.1) is 0 Å². The molecule has 0 fully saturated rings. The van der Waals surface area contributed by atoms with E-state index >= 15 is 0 Å². The van der Waals surface area contributed by atoms with E-state index < -0.39 is 10.1 Å². The maximum Gasteiger partial charge on any atom is 0.306 e. The Kier molecular flexibility index (Phi) is 3.41. The molecule has 0 aliphatic rings. The highest BCUT2D eigenvalue weighted by Gasteiger charge is 2.07. The van der Waals surface area contributed by atoms with Crippen molar-refractivity contribution in [3.05, 3.63) is 18.2 Å². The van der Waals surface area contributed by atoms with Gasteiger partial charge in [-0.15, -0.1) is 0 Å². The van der Waals surface area contributed by atoms with Gasteiger partial charge >= 0.3 is 10.1 Å². The molecule has 0 bridgehead atoms. The molecule has 1 aromatic carbocycles. The van der Waals surface area contributed by atoms with Crippen molar-refractivity contribution < 1.29 is 17.3 Å². The van der Waals surface area contributed by atoms with Crippen LogP contribution in [-0.2, 0) is 10.1 Å². The lowest BCUT2D eigenvalue weighted by molar-refractivity contribution is 0.415. The van der Waals surface area contributed by atoms with E-state index in [9.17, 15) is 8.42 Å². The molecular formula is C9H13NO4S. The van der Waals surface area contributed by atoms with Gasteiger partial charge in [-0.25, -0.2) is 0 Å². The summed E-state index contributed by atoms with van der Waals surface area (Å²) in [6.45, 7) is 0. The number of methoxy groups -OCH3 is 1. The van der Waals surface area contributed by atoms with Crippen molar-refractivity contribution >= 4 is 15.8 Å². The maximum absolute atomic E-state index is 10.9. The van der Waals surface area contributed by atoms with Crippen LogP contribution >= 0.6 is 0 Å². The molecule has 1 aromatic rings. The highest BCUT2D eigenvalue weighted by molar-refractivity contribution is 7.86. The molecule has 0 saturated heterocycles. The molecule has 0 spiro atoms. The third kappa shape index (κ3) is 3.32. The van der Waals surface area contributed by atoms with Crippen LogP contribution in [-0.4, -0.2) is 28.8 Å². The Morgan fingerprint density at radius 2 is 2.00 bits per heavy atom. The summed E-state index contributed by atoms with van der Waals surface area (Å²) >= 11 is 0. The van der Waals surface area contributed by atoms with Crippen molar-refractivity contribution in [1.82, 2.24) is 0 Å². The average molecular weight is 231 g/mol. The molecule has 5 nitrogen and oxygen atoms in total. The molecule has 6 heteroatoms. The van der Waals surface area contributed by atoms with E-state index in [0.29, 0.717) is 11.4 Å². The Bertz CT molecular complexity index is 441. The number of benzene rings is 1. The summed E-state index contributed by atoms with van der Waals surface area (Å²) in [4.78, 5) is 0. The third-order valence-corrected chi connectivity index (χ3v) is 2.18. The van der Waals surface area contributed by atoms with Crippen LogP contribution in [0.2, 0.25) is 0 Å². The first-order chi connectivity index (χ1) is 6.96. The molecule has 0 heterocycles. The number of hydrogen-bond donors (Lipinski definition) is 1. The molecule has 0 aliphatic heterocycles. The normalized spacial score (nSPS) is 10.9. The van der Waals surface area contributed by atoms with E-state index in [2.05, 4.69) is 5.32 Å². The van der Waals surface area contributed by atoms with Gasteiger partial charge in [-0.05, 0) is 12.1 Å². The summed E-state index contributed by atoms with van der Waals surface area (Å²) in [7, 11) is -0.245. The van der Waals surface area contributed by atoms with Gasteiger partial charge in [0.05, 0.1) is 19.1 Å². The summed E-state index contributed by atoms with van der Waals surface area (Å²) in [5, 5.41) is 2.87. The predicted molar refractivity (Wildman–Crippen MR) is 58.0 cm³/mol. The molecule has 84 valence electrons. The molecule has 0 aliphatic carbocycles. The number of ether oxygens (including phenoxy) is 1. The predicted octanol–water partition coefficient (Wildman–Crippen LogP) is 1.08. The highest BCUT2D eigenvalue weighted by atomic mass is 32.2. The monoisotopic (exact) mass is 231 g/mol. The first-order valence-corrected chi connectivity index (χ1v) is 6.03. The molecule has 1 rings (SSSR count). The second-order valence-electron chi connectivity index (χ2n) is 2.90. The number of hydrogen-bond acceptors (Lipinski definition) is 5. The van der Waals surface area contributed by atoms with E-state index in [-0.39, 0.29) is 5.75 Å². The van der Waals surface area contributed by atoms with Crippen LogP contribution in [0.3, 0.4) is 0 Å². The fraction of sp³-hybridized carbons (Fsp3) is 0.333. The first kappa shape index (κ1) is 11.6. The smallest absolute Gasteiger partial charge is 0.306 e. The minimum Gasteiger partial charge on any atom is -0.495 e. The summed E-state index contributed by atoms with van der Waals surface area (Å²) in [5.41, 5.74) is 0.665. The fourth-order valence-electron chi connectivity index (χ4n) is 1.11. The quantitative estimate of drug-likeness (QED) is 0.785. The van der Waals surface area contributed by atoms with Gasteiger partial charge in [-0.2, -0.15) is 8.42 Å². The summed E-state index contributed by atoms with van der Waals surface area (Å²) in [5.74, 6) is 0.876. The fourth-order valence-corrected chi connectivity index (χ4v) is 1.56. The van der Waals surface area contributed by atoms with Gasteiger partial charge < -0.3 is 14.2 Å². The number of anilines is 1. The van der Waals surface area contributed by atoms with Gasteiger partial charge in [-0.1, -0.05) is 0 Å². The molecule has 0 saturated carbocycles. The van der Waals surface area contributed by atoms with Crippen LogP contribution in [0.5, 0.6) is 11.5 Å². The minimum atomic E-state index is -3.49. The van der Waals surface area contributed by atoms with E-state index in [0.717, 1.165) is 6.26 Å². The van der Waals surface area contributed by atoms with Gasteiger partial charge in [0.15, 0.2) is 0 Å². The molecule has 0 unspecified atom stereocenters. The lowest BCUT2D eigenvalue weighted by atomic mass is 10.3. The van der Waals surface area contributed by atoms with E-state index in [1.807, 2.05) is 0 Å². The average Bonchev–Trinajstić information content (AvgIpc) is 2.15. The van der Waals surface area contributed by atoms with Crippen LogP contribution in [0.1, 0.15) is 0 Å². The van der Waals surface area contributed by atoms with Gasteiger partial charge in [0.1, 0.15) is 11.5 Å². The Hall–Kier alpha value is -1.43. The van der Waals surface area contributed by atoms with Crippen LogP contribution in [0.25, 0.3) is 0 Å². The molecule has 1 N–H and O–H groups in total. The Morgan fingerprint density at radius 3 is 2.47 bits per heavy atom.